The molecule has 0 radical (unpaired) electrons. The topological polar surface area (TPSA) is 63.6 Å². The van der Waals surface area contributed by atoms with Crippen LogP contribution in [0.4, 0.5) is 0 Å². The quantitative estimate of drug-likeness (QED) is 0.907. The van der Waals surface area contributed by atoms with E-state index in [1.807, 2.05) is 13.8 Å². The van der Waals surface area contributed by atoms with Crippen molar-refractivity contribution in [3.8, 4) is 0 Å². The average Bonchev–Trinajstić information content (AvgIpc) is 2.64. The molecule has 0 amide bonds. The van der Waals surface area contributed by atoms with Crippen LogP contribution in [0.2, 0.25) is 0 Å². The summed E-state index contributed by atoms with van der Waals surface area (Å²) in [6.07, 6.45) is 0.899. The van der Waals surface area contributed by atoms with Gasteiger partial charge in [0.2, 0.25) is 0 Å². The van der Waals surface area contributed by atoms with E-state index in [2.05, 4.69) is 6.92 Å². The molecule has 4 nitrogen and oxygen atoms in total. The fourth-order valence-electron chi connectivity index (χ4n) is 2.96. The van der Waals surface area contributed by atoms with Gasteiger partial charge in [-0.25, -0.2) is 8.42 Å². The molecule has 1 aliphatic heterocycles. The summed E-state index contributed by atoms with van der Waals surface area (Å²) < 4.78 is 30.7. The first kappa shape index (κ1) is 16.5. The minimum absolute atomic E-state index is 0.170. The summed E-state index contributed by atoms with van der Waals surface area (Å²) in [7, 11) is -3.44. The molecule has 3 atom stereocenters. The summed E-state index contributed by atoms with van der Waals surface area (Å²) in [6, 6.07) is 6.77. The Morgan fingerprint density at radius 3 is 2.52 bits per heavy atom. The summed E-state index contributed by atoms with van der Waals surface area (Å²) in [4.78, 5) is 0.285. The number of aliphatic hydroxyl groups excluding tert-OH is 1. The van der Waals surface area contributed by atoms with Gasteiger partial charge in [0.05, 0.1) is 28.5 Å². The lowest BCUT2D eigenvalue weighted by Gasteiger charge is -2.23. The average molecular weight is 312 g/mol. The zero-order valence-corrected chi connectivity index (χ0v) is 13.7. The van der Waals surface area contributed by atoms with E-state index in [1.54, 1.807) is 24.3 Å². The highest BCUT2D eigenvalue weighted by atomic mass is 32.2. The molecule has 1 aliphatic rings. The minimum Gasteiger partial charge on any atom is -0.390 e. The fourth-order valence-corrected chi connectivity index (χ4v) is 4.42. The van der Waals surface area contributed by atoms with Crippen molar-refractivity contribution in [3.63, 3.8) is 0 Å². The Morgan fingerprint density at radius 1 is 1.33 bits per heavy atom. The number of hydrogen-bond acceptors (Lipinski definition) is 4. The molecule has 1 heterocycles. The van der Waals surface area contributed by atoms with Gasteiger partial charge in [-0.3, -0.25) is 0 Å². The SMILES string of the molecule is CCC[C@]1(C)C[C@@H](O)[C@H](CS(=O)(=O)c2ccc(C)cc2)O1. The van der Waals surface area contributed by atoms with Crippen molar-refractivity contribution in [2.45, 2.75) is 62.7 Å². The highest BCUT2D eigenvalue weighted by Gasteiger charge is 2.43. The van der Waals surface area contributed by atoms with Gasteiger partial charge in [-0.15, -0.1) is 0 Å². The van der Waals surface area contributed by atoms with Crippen LogP contribution in [0.1, 0.15) is 38.7 Å². The lowest BCUT2D eigenvalue weighted by molar-refractivity contribution is -0.0359. The lowest BCUT2D eigenvalue weighted by atomic mass is 9.95. The van der Waals surface area contributed by atoms with Gasteiger partial charge in [0, 0.05) is 6.42 Å². The summed E-state index contributed by atoms with van der Waals surface area (Å²) in [5, 5.41) is 10.1. The second-order valence-electron chi connectivity index (χ2n) is 6.22. The number of hydrogen-bond donors (Lipinski definition) is 1. The third-order valence-corrected chi connectivity index (χ3v) is 5.81. The number of rotatable bonds is 5. The summed E-state index contributed by atoms with van der Waals surface area (Å²) >= 11 is 0. The maximum Gasteiger partial charge on any atom is 0.181 e. The van der Waals surface area contributed by atoms with E-state index in [-0.39, 0.29) is 10.6 Å². The molecule has 0 aliphatic carbocycles. The van der Waals surface area contributed by atoms with Gasteiger partial charge in [0.25, 0.3) is 0 Å². The van der Waals surface area contributed by atoms with Crippen LogP contribution >= 0.6 is 0 Å². The summed E-state index contributed by atoms with van der Waals surface area (Å²) in [6.45, 7) is 5.91. The number of aryl methyl sites for hydroxylation is 1. The van der Waals surface area contributed by atoms with E-state index in [1.165, 1.54) is 0 Å². The van der Waals surface area contributed by atoms with Gasteiger partial charge >= 0.3 is 0 Å². The normalized spacial score (nSPS) is 29.7. The van der Waals surface area contributed by atoms with E-state index in [0.717, 1.165) is 18.4 Å². The van der Waals surface area contributed by atoms with Crippen molar-refractivity contribution in [2.75, 3.05) is 5.75 Å². The molecule has 1 N–H and O–H groups in total. The Balaban J connectivity index is 2.12. The van der Waals surface area contributed by atoms with Gasteiger partial charge in [0.15, 0.2) is 9.84 Å². The third kappa shape index (κ3) is 3.84. The van der Waals surface area contributed by atoms with Gasteiger partial charge in [0.1, 0.15) is 0 Å². The van der Waals surface area contributed by atoms with Crippen LogP contribution in [0, 0.1) is 6.92 Å². The predicted molar refractivity (Wildman–Crippen MR) is 82.0 cm³/mol. The molecule has 0 spiro atoms. The Bertz CT molecular complexity index is 579. The van der Waals surface area contributed by atoms with Crippen molar-refractivity contribution < 1.29 is 18.3 Å². The van der Waals surface area contributed by atoms with E-state index in [0.29, 0.717) is 6.42 Å². The Hall–Kier alpha value is -0.910. The van der Waals surface area contributed by atoms with Crippen LogP contribution in [0.5, 0.6) is 0 Å². The first-order valence-electron chi connectivity index (χ1n) is 7.41. The zero-order valence-electron chi connectivity index (χ0n) is 12.9. The molecule has 0 unspecified atom stereocenters. The fraction of sp³-hybridized carbons (Fsp3) is 0.625. The number of sulfone groups is 1. The number of benzene rings is 1. The van der Waals surface area contributed by atoms with Crippen molar-refractivity contribution in [3.05, 3.63) is 29.8 Å². The minimum atomic E-state index is -3.44. The van der Waals surface area contributed by atoms with Crippen LogP contribution in [0.3, 0.4) is 0 Å². The second kappa shape index (κ2) is 6.07. The largest absolute Gasteiger partial charge is 0.390 e. The van der Waals surface area contributed by atoms with Crippen LogP contribution in [-0.2, 0) is 14.6 Å². The summed E-state index contributed by atoms with van der Waals surface area (Å²) in [5.41, 5.74) is 0.600. The molecular weight excluding hydrogens is 288 g/mol. The van der Waals surface area contributed by atoms with Crippen molar-refractivity contribution in [2.24, 2.45) is 0 Å². The van der Waals surface area contributed by atoms with E-state index < -0.39 is 27.6 Å². The molecule has 0 bridgehead atoms. The number of aliphatic hydroxyl groups is 1. The molecular formula is C16H24O4S. The smallest absolute Gasteiger partial charge is 0.181 e. The second-order valence-corrected chi connectivity index (χ2v) is 8.26. The molecule has 1 saturated heterocycles. The predicted octanol–water partition coefficient (Wildman–Crippen LogP) is 2.48. The highest BCUT2D eigenvalue weighted by Crippen LogP contribution is 2.35. The Labute approximate surface area is 127 Å². The molecule has 5 heteroatoms. The van der Waals surface area contributed by atoms with E-state index >= 15 is 0 Å². The maximum absolute atomic E-state index is 12.4. The molecule has 1 aromatic rings. The van der Waals surface area contributed by atoms with E-state index in [9.17, 15) is 13.5 Å². The first-order chi connectivity index (χ1) is 9.76. The van der Waals surface area contributed by atoms with Crippen molar-refractivity contribution in [1.29, 1.82) is 0 Å². The molecule has 21 heavy (non-hydrogen) atoms. The zero-order chi connectivity index (χ0) is 15.7. The molecule has 2 rings (SSSR count). The van der Waals surface area contributed by atoms with Crippen LogP contribution in [-0.4, -0.2) is 37.1 Å². The Morgan fingerprint density at radius 2 is 1.95 bits per heavy atom. The van der Waals surface area contributed by atoms with Gasteiger partial charge in [-0.2, -0.15) is 0 Å². The van der Waals surface area contributed by atoms with Crippen LogP contribution < -0.4 is 0 Å². The van der Waals surface area contributed by atoms with Gasteiger partial charge in [-0.1, -0.05) is 31.0 Å². The van der Waals surface area contributed by atoms with Gasteiger partial charge in [-0.05, 0) is 32.4 Å². The molecule has 1 aromatic carbocycles. The maximum atomic E-state index is 12.4. The van der Waals surface area contributed by atoms with Crippen molar-refractivity contribution in [1.82, 2.24) is 0 Å². The number of ether oxygens (including phenoxy) is 1. The molecule has 0 aromatic heterocycles. The van der Waals surface area contributed by atoms with Crippen LogP contribution in [0.25, 0.3) is 0 Å². The molecule has 118 valence electrons. The highest BCUT2D eigenvalue weighted by molar-refractivity contribution is 7.91. The lowest BCUT2D eigenvalue weighted by Crippen LogP contribution is -2.31. The van der Waals surface area contributed by atoms with E-state index in [4.69, 9.17) is 4.74 Å². The standard InChI is InChI=1S/C16H24O4S/c1-4-9-16(3)10-14(17)15(20-16)11-21(18,19)13-7-5-12(2)6-8-13/h5-8,14-15,17H,4,9-11H2,1-3H3/t14-,15+,16-/m1/s1. The van der Waals surface area contributed by atoms with Crippen LogP contribution in [0.15, 0.2) is 29.2 Å². The monoisotopic (exact) mass is 312 g/mol. The van der Waals surface area contributed by atoms with Gasteiger partial charge < -0.3 is 9.84 Å². The van der Waals surface area contributed by atoms with Crippen molar-refractivity contribution >= 4 is 9.84 Å². The first-order valence-corrected chi connectivity index (χ1v) is 9.06. The third-order valence-electron chi connectivity index (χ3n) is 4.05. The summed E-state index contributed by atoms with van der Waals surface area (Å²) in [5.74, 6) is -0.170. The molecule has 1 fully saturated rings. The Kier molecular flexibility index (Phi) is 4.76. The molecule has 0 saturated carbocycles.